The van der Waals surface area contributed by atoms with Crippen molar-refractivity contribution in [2.75, 3.05) is 6.54 Å². The lowest BCUT2D eigenvalue weighted by Crippen LogP contribution is -2.28. The van der Waals surface area contributed by atoms with Gasteiger partial charge in [0.05, 0.1) is 19.2 Å². The maximum Gasteiger partial charge on any atom is 0.224 e. The van der Waals surface area contributed by atoms with Crippen LogP contribution in [0.3, 0.4) is 0 Å². The number of carbonyl (C=O) groups is 1. The first-order valence-corrected chi connectivity index (χ1v) is 7.80. The lowest BCUT2D eigenvalue weighted by molar-refractivity contribution is -0.120. The number of amides is 1. The van der Waals surface area contributed by atoms with Crippen LogP contribution in [0.5, 0.6) is 0 Å². The van der Waals surface area contributed by atoms with Crippen LogP contribution >= 0.6 is 0 Å². The molecular weight excluding hydrogens is 305 g/mol. The van der Waals surface area contributed by atoms with Gasteiger partial charge < -0.3 is 5.32 Å². The van der Waals surface area contributed by atoms with Crippen LogP contribution in [0, 0.1) is 5.82 Å². The first kappa shape index (κ1) is 15.9. The van der Waals surface area contributed by atoms with Gasteiger partial charge in [-0.05, 0) is 23.3 Å². The van der Waals surface area contributed by atoms with E-state index >= 15 is 0 Å². The highest BCUT2D eigenvalue weighted by atomic mass is 19.1. The first-order valence-electron chi connectivity index (χ1n) is 7.80. The predicted molar refractivity (Wildman–Crippen MR) is 90.8 cm³/mol. The molecule has 1 N–H and O–H groups in total. The number of carbonyl (C=O) groups excluding carboxylic acids is 1. The van der Waals surface area contributed by atoms with Gasteiger partial charge in [-0.1, -0.05) is 42.5 Å². The quantitative estimate of drug-likeness (QED) is 0.758. The molecule has 0 saturated heterocycles. The van der Waals surface area contributed by atoms with E-state index in [0.29, 0.717) is 13.1 Å². The molecule has 0 fully saturated rings. The number of halogens is 1. The summed E-state index contributed by atoms with van der Waals surface area (Å²) < 4.78 is 14.6. The maximum atomic E-state index is 12.8. The van der Waals surface area contributed by atoms with Crippen molar-refractivity contribution in [3.8, 4) is 11.1 Å². The first-order chi connectivity index (χ1) is 11.7. The summed E-state index contributed by atoms with van der Waals surface area (Å²) in [5, 5.41) is 7.16. The monoisotopic (exact) mass is 323 g/mol. The summed E-state index contributed by atoms with van der Waals surface area (Å²) in [6.45, 7) is 1.10. The van der Waals surface area contributed by atoms with Gasteiger partial charge in [0.15, 0.2) is 0 Å². The Labute approximate surface area is 139 Å². The molecule has 5 heteroatoms. The molecule has 1 aromatic heterocycles. The van der Waals surface area contributed by atoms with E-state index in [1.165, 1.54) is 12.1 Å². The fourth-order valence-electron chi connectivity index (χ4n) is 2.43. The number of rotatable bonds is 6. The second kappa shape index (κ2) is 7.55. The molecule has 0 spiro atoms. The molecule has 2 aromatic carbocycles. The SMILES string of the molecule is O=C(Cc1ccc(F)cc1)NCCn1cc(-c2ccccc2)cn1. The van der Waals surface area contributed by atoms with Crippen LogP contribution in [-0.2, 0) is 17.8 Å². The lowest BCUT2D eigenvalue weighted by atomic mass is 10.1. The molecule has 0 atom stereocenters. The standard InChI is InChI=1S/C19H18FN3O/c20-18-8-6-15(7-9-18)12-19(24)21-10-11-23-14-17(13-22-23)16-4-2-1-3-5-16/h1-9,13-14H,10-12H2,(H,21,24). The summed E-state index contributed by atoms with van der Waals surface area (Å²) in [6.07, 6.45) is 4.02. The summed E-state index contributed by atoms with van der Waals surface area (Å²) in [4.78, 5) is 11.9. The molecule has 3 aromatic rings. The highest BCUT2D eigenvalue weighted by Gasteiger charge is 2.04. The summed E-state index contributed by atoms with van der Waals surface area (Å²) in [7, 11) is 0. The average molecular weight is 323 g/mol. The van der Waals surface area contributed by atoms with E-state index in [9.17, 15) is 9.18 Å². The van der Waals surface area contributed by atoms with Crippen LogP contribution in [0.1, 0.15) is 5.56 Å². The van der Waals surface area contributed by atoms with Crippen molar-refractivity contribution in [1.29, 1.82) is 0 Å². The molecule has 122 valence electrons. The molecule has 0 unspecified atom stereocenters. The van der Waals surface area contributed by atoms with Crippen molar-refractivity contribution >= 4 is 5.91 Å². The molecule has 3 rings (SSSR count). The molecule has 0 bridgehead atoms. The molecule has 24 heavy (non-hydrogen) atoms. The Morgan fingerprint density at radius 1 is 1.04 bits per heavy atom. The van der Waals surface area contributed by atoms with Gasteiger partial charge in [0.2, 0.25) is 5.91 Å². The van der Waals surface area contributed by atoms with Gasteiger partial charge in [-0.15, -0.1) is 0 Å². The van der Waals surface area contributed by atoms with Crippen LogP contribution in [0.25, 0.3) is 11.1 Å². The van der Waals surface area contributed by atoms with Gasteiger partial charge in [-0.2, -0.15) is 5.10 Å². The topological polar surface area (TPSA) is 46.9 Å². The van der Waals surface area contributed by atoms with Crippen molar-refractivity contribution in [2.24, 2.45) is 0 Å². The molecule has 0 saturated carbocycles. The fraction of sp³-hybridized carbons (Fsp3) is 0.158. The van der Waals surface area contributed by atoms with Crippen LogP contribution in [0.15, 0.2) is 67.0 Å². The predicted octanol–water partition coefficient (Wildman–Crippen LogP) is 3.05. The minimum Gasteiger partial charge on any atom is -0.354 e. The summed E-state index contributed by atoms with van der Waals surface area (Å²) in [5.74, 6) is -0.385. The molecule has 0 aliphatic heterocycles. The van der Waals surface area contributed by atoms with Crippen molar-refractivity contribution in [1.82, 2.24) is 15.1 Å². The zero-order valence-corrected chi connectivity index (χ0v) is 13.2. The molecular formula is C19H18FN3O. The third-order valence-corrected chi connectivity index (χ3v) is 3.68. The maximum absolute atomic E-state index is 12.8. The van der Waals surface area contributed by atoms with Crippen LogP contribution in [0.2, 0.25) is 0 Å². The van der Waals surface area contributed by atoms with Crippen LogP contribution < -0.4 is 5.32 Å². The van der Waals surface area contributed by atoms with E-state index in [2.05, 4.69) is 10.4 Å². The molecule has 4 nitrogen and oxygen atoms in total. The number of nitrogens with one attached hydrogen (secondary N) is 1. The largest absolute Gasteiger partial charge is 0.354 e. The Hall–Kier alpha value is -2.95. The van der Waals surface area contributed by atoms with Gasteiger partial charge in [0.25, 0.3) is 0 Å². The second-order valence-electron chi connectivity index (χ2n) is 5.51. The number of nitrogens with zero attached hydrogens (tertiary/aromatic N) is 2. The van der Waals surface area contributed by atoms with Crippen LogP contribution in [-0.4, -0.2) is 22.2 Å². The second-order valence-corrected chi connectivity index (χ2v) is 5.51. The van der Waals surface area contributed by atoms with Crippen molar-refractivity contribution in [2.45, 2.75) is 13.0 Å². The number of hydrogen-bond acceptors (Lipinski definition) is 2. The normalized spacial score (nSPS) is 10.5. The fourth-order valence-corrected chi connectivity index (χ4v) is 2.43. The van der Waals surface area contributed by atoms with E-state index in [1.54, 1.807) is 16.8 Å². The molecule has 0 aliphatic carbocycles. The zero-order valence-electron chi connectivity index (χ0n) is 13.2. The van der Waals surface area contributed by atoms with Gasteiger partial charge in [-0.25, -0.2) is 4.39 Å². The third-order valence-electron chi connectivity index (χ3n) is 3.68. The average Bonchev–Trinajstić information content (AvgIpc) is 3.07. The zero-order chi connectivity index (χ0) is 16.8. The number of aromatic nitrogens is 2. The number of hydrogen-bond donors (Lipinski definition) is 1. The van der Waals surface area contributed by atoms with Gasteiger partial charge in [0, 0.05) is 18.3 Å². The van der Waals surface area contributed by atoms with E-state index in [0.717, 1.165) is 16.7 Å². The van der Waals surface area contributed by atoms with E-state index in [4.69, 9.17) is 0 Å². The summed E-state index contributed by atoms with van der Waals surface area (Å²) in [5.41, 5.74) is 2.96. The lowest BCUT2D eigenvalue weighted by Gasteiger charge is -2.05. The Morgan fingerprint density at radius 3 is 2.54 bits per heavy atom. The minimum atomic E-state index is -0.299. The minimum absolute atomic E-state index is 0.0861. The molecule has 1 amide bonds. The highest BCUT2D eigenvalue weighted by Crippen LogP contribution is 2.17. The smallest absolute Gasteiger partial charge is 0.224 e. The molecule has 0 radical (unpaired) electrons. The van der Waals surface area contributed by atoms with Crippen LogP contribution in [0.4, 0.5) is 4.39 Å². The van der Waals surface area contributed by atoms with Gasteiger partial charge in [-0.3, -0.25) is 9.48 Å². The van der Waals surface area contributed by atoms with E-state index in [1.807, 2.05) is 42.7 Å². The number of benzene rings is 2. The molecule has 1 heterocycles. The van der Waals surface area contributed by atoms with Gasteiger partial charge in [0.1, 0.15) is 5.82 Å². The Balaban J connectivity index is 1.47. The summed E-state index contributed by atoms with van der Waals surface area (Å²) in [6, 6.07) is 16.0. The van der Waals surface area contributed by atoms with Gasteiger partial charge >= 0.3 is 0 Å². The summed E-state index contributed by atoms with van der Waals surface area (Å²) >= 11 is 0. The highest BCUT2D eigenvalue weighted by molar-refractivity contribution is 5.78. The van der Waals surface area contributed by atoms with E-state index < -0.39 is 0 Å². The third kappa shape index (κ3) is 4.29. The van der Waals surface area contributed by atoms with Crippen molar-refractivity contribution in [3.63, 3.8) is 0 Å². The van der Waals surface area contributed by atoms with E-state index in [-0.39, 0.29) is 18.1 Å². The molecule has 0 aliphatic rings. The Bertz CT molecular complexity index is 797. The Kier molecular flexibility index (Phi) is 5.01. The van der Waals surface area contributed by atoms with Crippen molar-refractivity contribution in [3.05, 3.63) is 78.4 Å². The Morgan fingerprint density at radius 2 is 1.79 bits per heavy atom. The van der Waals surface area contributed by atoms with Crippen molar-refractivity contribution < 1.29 is 9.18 Å².